The average molecular weight is 147 g/mol. The molecule has 0 aliphatic heterocycles. The Morgan fingerprint density at radius 2 is 2.20 bits per heavy atom. The van der Waals surface area contributed by atoms with Gasteiger partial charge in [0.15, 0.2) is 6.10 Å². The van der Waals surface area contributed by atoms with E-state index >= 15 is 0 Å². The highest BCUT2D eigenvalue weighted by Gasteiger charge is 2.18. The molecular weight excluding hydrogens is 138 g/mol. The van der Waals surface area contributed by atoms with Crippen LogP contribution in [0.2, 0.25) is 0 Å². The summed E-state index contributed by atoms with van der Waals surface area (Å²) in [7, 11) is 0. The Hall–Kier alpha value is -0.940. The standard InChI is InChI=1S/C5H9NO4/c1-3(7)2-4(10-6)5(8)9/h4H,2,6H2,1H3,(H,8,9). The second-order valence-electron chi connectivity index (χ2n) is 1.87. The zero-order chi connectivity index (χ0) is 8.15. The number of hydrogen-bond donors (Lipinski definition) is 2. The highest BCUT2D eigenvalue weighted by atomic mass is 16.6. The van der Waals surface area contributed by atoms with Crippen LogP contribution in [-0.4, -0.2) is 23.0 Å². The summed E-state index contributed by atoms with van der Waals surface area (Å²) >= 11 is 0. The molecule has 1 atom stereocenters. The van der Waals surface area contributed by atoms with E-state index in [1.165, 1.54) is 6.92 Å². The van der Waals surface area contributed by atoms with E-state index in [0.29, 0.717) is 0 Å². The molecule has 0 saturated heterocycles. The zero-order valence-electron chi connectivity index (χ0n) is 5.53. The van der Waals surface area contributed by atoms with Gasteiger partial charge in [0.05, 0.1) is 0 Å². The van der Waals surface area contributed by atoms with E-state index in [1.807, 2.05) is 0 Å². The van der Waals surface area contributed by atoms with Gasteiger partial charge in [0, 0.05) is 6.42 Å². The molecule has 0 aliphatic carbocycles. The lowest BCUT2D eigenvalue weighted by atomic mass is 10.2. The van der Waals surface area contributed by atoms with E-state index in [4.69, 9.17) is 5.11 Å². The fourth-order valence-corrected chi connectivity index (χ4v) is 0.455. The predicted octanol–water partition coefficient (Wildman–Crippen LogP) is -0.691. The highest BCUT2D eigenvalue weighted by molar-refractivity contribution is 5.83. The first kappa shape index (κ1) is 9.06. The first-order chi connectivity index (χ1) is 4.57. The molecule has 58 valence electrons. The molecule has 0 saturated carbocycles. The lowest BCUT2D eigenvalue weighted by Gasteiger charge is -2.05. The molecule has 0 radical (unpaired) electrons. The Bertz CT molecular complexity index is 145. The Balaban J connectivity index is 3.83. The van der Waals surface area contributed by atoms with Crippen molar-refractivity contribution in [2.24, 2.45) is 5.90 Å². The monoisotopic (exact) mass is 147 g/mol. The van der Waals surface area contributed by atoms with Crippen molar-refractivity contribution in [2.75, 3.05) is 0 Å². The molecule has 10 heavy (non-hydrogen) atoms. The first-order valence-electron chi connectivity index (χ1n) is 2.65. The molecule has 5 heteroatoms. The first-order valence-corrected chi connectivity index (χ1v) is 2.65. The van der Waals surface area contributed by atoms with Crippen molar-refractivity contribution < 1.29 is 19.5 Å². The van der Waals surface area contributed by atoms with Gasteiger partial charge in [0.2, 0.25) is 0 Å². The third-order valence-corrected chi connectivity index (χ3v) is 0.913. The third kappa shape index (κ3) is 3.16. The molecule has 1 unspecified atom stereocenters. The number of carbonyl (C=O) groups is 2. The zero-order valence-corrected chi connectivity index (χ0v) is 5.53. The third-order valence-electron chi connectivity index (χ3n) is 0.913. The lowest BCUT2D eigenvalue weighted by Crippen LogP contribution is -2.28. The van der Waals surface area contributed by atoms with Crippen LogP contribution in [0.4, 0.5) is 0 Å². The van der Waals surface area contributed by atoms with Crippen molar-refractivity contribution in [3.8, 4) is 0 Å². The van der Waals surface area contributed by atoms with Crippen LogP contribution in [-0.2, 0) is 14.4 Å². The molecular formula is C5H9NO4. The minimum atomic E-state index is -1.22. The van der Waals surface area contributed by atoms with Crippen LogP contribution < -0.4 is 5.90 Å². The van der Waals surface area contributed by atoms with Gasteiger partial charge in [-0.05, 0) is 6.92 Å². The van der Waals surface area contributed by atoms with Crippen LogP contribution in [0.1, 0.15) is 13.3 Å². The van der Waals surface area contributed by atoms with Crippen molar-refractivity contribution in [2.45, 2.75) is 19.4 Å². The smallest absolute Gasteiger partial charge is 0.335 e. The van der Waals surface area contributed by atoms with Gasteiger partial charge in [-0.3, -0.25) is 9.63 Å². The molecule has 0 heterocycles. The molecule has 3 N–H and O–H groups in total. The number of aliphatic carboxylic acids is 1. The summed E-state index contributed by atoms with van der Waals surface area (Å²) in [5, 5.41) is 8.26. The van der Waals surface area contributed by atoms with Gasteiger partial charge in [-0.1, -0.05) is 0 Å². The van der Waals surface area contributed by atoms with Crippen molar-refractivity contribution >= 4 is 11.8 Å². The fraction of sp³-hybridized carbons (Fsp3) is 0.600. The van der Waals surface area contributed by atoms with E-state index in [-0.39, 0.29) is 12.2 Å². The van der Waals surface area contributed by atoms with Crippen LogP contribution in [0.3, 0.4) is 0 Å². The van der Waals surface area contributed by atoms with E-state index in [1.54, 1.807) is 0 Å². The number of carboxylic acids is 1. The van der Waals surface area contributed by atoms with Gasteiger partial charge in [0.25, 0.3) is 0 Å². The minimum Gasteiger partial charge on any atom is -0.479 e. The molecule has 0 aliphatic rings. The molecule has 0 aromatic rings. The second kappa shape index (κ2) is 3.97. The van der Waals surface area contributed by atoms with Gasteiger partial charge in [-0.15, -0.1) is 0 Å². The molecule has 5 nitrogen and oxygen atoms in total. The second-order valence-corrected chi connectivity index (χ2v) is 1.87. The van der Waals surface area contributed by atoms with Crippen LogP contribution in [0.25, 0.3) is 0 Å². The molecule has 0 aromatic heterocycles. The number of hydrogen-bond acceptors (Lipinski definition) is 4. The summed E-state index contributed by atoms with van der Waals surface area (Å²) in [6.07, 6.45) is -1.40. The summed E-state index contributed by atoms with van der Waals surface area (Å²) in [6, 6.07) is 0. The normalized spacial score (nSPS) is 12.6. The van der Waals surface area contributed by atoms with Crippen LogP contribution >= 0.6 is 0 Å². The Labute approximate surface area is 57.7 Å². The Kier molecular flexibility index (Phi) is 3.60. The summed E-state index contributed by atoms with van der Waals surface area (Å²) in [5.41, 5.74) is 0. The number of ketones is 1. The SMILES string of the molecule is CC(=O)CC(ON)C(=O)O. The minimum absolute atomic E-state index is 0.189. The number of rotatable bonds is 4. The number of Topliss-reactive ketones (excluding diaryl/α,β-unsaturated/α-hetero) is 1. The van der Waals surface area contributed by atoms with Crippen LogP contribution in [0, 0.1) is 0 Å². The maximum absolute atomic E-state index is 10.3. The summed E-state index contributed by atoms with van der Waals surface area (Å²) < 4.78 is 0. The van der Waals surface area contributed by atoms with Crippen molar-refractivity contribution in [1.82, 2.24) is 0 Å². The largest absolute Gasteiger partial charge is 0.479 e. The quantitative estimate of drug-likeness (QED) is 0.513. The van der Waals surface area contributed by atoms with E-state index in [9.17, 15) is 9.59 Å². The molecule has 0 fully saturated rings. The summed E-state index contributed by atoms with van der Waals surface area (Å²) in [5.74, 6) is 3.10. The van der Waals surface area contributed by atoms with Gasteiger partial charge in [0.1, 0.15) is 5.78 Å². The Morgan fingerprint density at radius 3 is 2.30 bits per heavy atom. The average Bonchev–Trinajstić information content (AvgIpc) is 1.81. The predicted molar refractivity (Wildman–Crippen MR) is 32.0 cm³/mol. The number of carbonyl (C=O) groups excluding carboxylic acids is 1. The number of nitrogens with two attached hydrogens (primary N) is 1. The molecule has 0 aromatic carbocycles. The molecule has 0 spiro atoms. The van der Waals surface area contributed by atoms with Crippen molar-refractivity contribution in [3.05, 3.63) is 0 Å². The van der Waals surface area contributed by atoms with Gasteiger partial charge in [-0.25, -0.2) is 10.7 Å². The highest BCUT2D eigenvalue weighted by Crippen LogP contribution is 1.95. The van der Waals surface area contributed by atoms with Gasteiger partial charge >= 0.3 is 5.97 Å². The molecule has 0 amide bonds. The van der Waals surface area contributed by atoms with E-state index < -0.39 is 12.1 Å². The van der Waals surface area contributed by atoms with E-state index in [0.717, 1.165) is 0 Å². The van der Waals surface area contributed by atoms with Gasteiger partial charge < -0.3 is 5.11 Å². The fourth-order valence-electron chi connectivity index (χ4n) is 0.455. The summed E-state index contributed by atoms with van der Waals surface area (Å²) in [4.78, 5) is 24.4. The van der Waals surface area contributed by atoms with Crippen LogP contribution in [0.15, 0.2) is 0 Å². The van der Waals surface area contributed by atoms with Crippen LogP contribution in [0.5, 0.6) is 0 Å². The van der Waals surface area contributed by atoms with Gasteiger partial charge in [-0.2, -0.15) is 0 Å². The maximum Gasteiger partial charge on any atom is 0.335 e. The number of carboxylic acid groups (broad SMARTS) is 1. The summed E-state index contributed by atoms with van der Waals surface area (Å²) in [6.45, 7) is 1.27. The topological polar surface area (TPSA) is 89.6 Å². The van der Waals surface area contributed by atoms with Crippen molar-refractivity contribution in [1.29, 1.82) is 0 Å². The van der Waals surface area contributed by atoms with Crippen molar-refractivity contribution in [3.63, 3.8) is 0 Å². The van der Waals surface area contributed by atoms with E-state index in [2.05, 4.69) is 10.7 Å². The molecule has 0 bridgehead atoms. The maximum atomic E-state index is 10.3. The lowest BCUT2D eigenvalue weighted by molar-refractivity contribution is -0.153. The molecule has 0 rings (SSSR count). The Morgan fingerprint density at radius 1 is 1.70 bits per heavy atom.